The van der Waals surface area contributed by atoms with Crippen LogP contribution < -0.4 is 10.2 Å². The van der Waals surface area contributed by atoms with Crippen molar-refractivity contribution < 1.29 is 0 Å². The molecule has 1 aromatic rings. The molecule has 0 spiro atoms. The first-order valence-corrected chi connectivity index (χ1v) is 8.21. The minimum Gasteiger partial charge on any atom is -0.368 e. The van der Waals surface area contributed by atoms with E-state index < -0.39 is 0 Å². The molecule has 2 nitrogen and oxygen atoms in total. The summed E-state index contributed by atoms with van der Waals surface area (Å²) in [6.07, 6.45) is 5.31. The molecule has 110 valence electrons. The van der Waals surface area contributed by atoms with Crippen LogP contribution in [0.5, 0.6) is 0 Å². The fraction of sp³-hybridized carbons (Fsp3) is 0.667. The van der Waals surface area contributed by atoms with Crippen LogP contribution in [-0.4, -0.2) is 25.7 Å². The molecule has 2 heteroatoms. The van der Waals surface area contributed by atoms with Crippen molar-refractivity contribution in [3.05, 3.63) is 29.8 Å². The van der Waals surface area contributed by atoms with Gasteiger partial charge in [0.25, 0.3) is 0 Å². The zero-order chi connectivity index (χ0) is 14.1. The fourth-order valence-corrected chi connectivity index (χ4v) is 4.24. The highest BCUT2D eigenvalue weighted by atomic mass is 15.2. The van der Waals surface area contributed by atoms with Crippen molar-refractivity contribution in [3.63, 3.8) is 0 Å². The number of anilines is 1. The number of fused-ring (bicyclic) bond motifs is 1. The second-order valence-electron chi connectivity index (χ2n) is 6.91. The molecule has 4 atom stereocenters. The molecule has 0 aromatic heterocycles. The zero-order valence-electron chi connectivity index (χ0n) is 13.1. The van der Waals surface area contributed by atoms with Gasteiger partial charge in [0.15, 0.2) is 0 Å². The van der Waals surface area contributed by atoms with Gasteiger partial charge in [-0.1, -0.05) is 25.1 Å². The first kappa shape index (κ1) is 13.9. The highest BCUT2D eigenvalue weighted by Gasteiger charge is 2.33. The summed E-state index contributed by atoms with van der Waals surface area (Å²) < 4.78 is 0. The first-order chi connectivity index (χ1) is 9.69. The molecule has 0 amide bonds. The van der Waals surface area contributed by atoms with Crippen LogP contribution >= 0.6 is 0 Å². The zero-order valence-corrected chi connectivity index (χ0v) is 13.1. The van der Waals surface area contributed by atoms with Crippen LogP contribution in [0.3, 0.4) is 0 Å². The van der Waals surface area contributed by atoms with E-state index in [0.29, 0.717) is 12.1 Å². The Morgan fingerprint density at radius 3 is 2.80 bits per heavy atom. The summed E-state index contributed by atoms with van der Waals surface area (Å²) in [5.41, 5.74) is 3.01. The Balaban J connectivity index is 1.76. The largest absolute Gasteiger partial charge is 0.368 e. The van der Waals surface area contributed by atoms with Gasteiger partial charge in [-0.15, -0.1) is 0 Å². The van der Waals surface area contributed by atoms with Crippen molar-refractivity contribution in [1.29, 1.82) is 0 Å². The molecule has 4 unspecified atom stereocenters. The van der Waals surface area contributed by atoms with E-state index in [1.54, 1.807) is 0 Å². The van der Waals surface area contributed by atoms with E-state index in [-0.39, 0.29) is 0 Å². The number of para-hydroxylation sites is 1. The standard InChI is InChI=1S/C18H28N2/c1-13-8-9-17(19-3)16(10-13)12-20-14(2)11-15-6-4-5-7-18(15)20/h4-7,13-14,16-17,19H,8-12H2,1-3H3. The van der Waals surface area contributed by atoms with Crippen molar-refractivity contribution in [1.82, 2.24) is 5.32 Å². The Kier molecular flexibility index (Phi) is 4.02. The van der Waals surface area contributed by atoms with Crippen LogP contribution in [0.1, 0.15) is 38.7 Å². The Morgan fingerprint density at radius 2 is 2.00 bits per heavy atom. The maximum atomic E-state index is 3.56. The van der Waals surface area contributed by atoms with Gasteiger partial charge in [-0.05, 0) is 63.1 Å². The smallest absolute Gasteiger partial charge is 0.0402 e. The molecule has 1 N–H and O–H groups in total. The fourth-order valence-electron chi connectivity index (χ4n) is 4.24. The van der Waals surface area contributed by atoms with Gasteiger partial charge in [0.1, 0.15) is 0 Å². The summed E-state index contributed by atoms with van der Waals surface area (Å²) in [4.78, 5) is 2.66. The van der Waals surface area contributed by atoms with Gasteiger partial charge in [-0.2, -0.15) is 0 Å². The molecule has 3 rings (SSSR count). The second kappa shape index (κ2) is 5.77. The summed E-state index contributed by atoms with van der Waals surface area (Å²) in [5, 5.41) is 3.56. The number of hydrogen-bond acceptors (Lipinski definition) is 2. The second-order valence-corrected chi connectivity index (χ2v) is 6.91. The van der Waals surface area contributed by atoms with E-state index in [4.69, 9.17) is 0 Å². The third kappa shape index (κ3) is 2.58. The molecule has 1 aliphatic heterocycles. The van der Waals surface area contributed by atoms with Gasteiger partial charge in [0, 0.05) is 24.3 Å². The van der Waals surface area contributed by atoms with E-state index in [1.807, 2.05) is 0 Å². The molecule has 2 aliphatic rings. The molecule has 0 radical (unpaired) electrons. The molecule has 0 saturated heterocycles. The van der Waals surface area contributed by atoms with Crippen LogP contribution in [0.2, 0.25) is 0 Å². The third-order valence-electron chi connectivity index (χ3n) is 5.40. The molecule has 1 aromatic carbocycles. The lowest BCUT2D eigenvalue weighted by Gasteiger charge is -2.39. The molecule has 20 heavy (non-hydrogen) atoms. The van der Waals surface area contributed by atoms with Crippen LogP contribution in [0.25, 0.3) is 0 Å². The predicted molar refractivity (Wildman–Crippen MR) is 86.3 cm³/mol. The van der Waals surface area contributed by atoms with Crippen LogP contribution in [-0.2, 0) is 6.42 Å². The lowest BCUT2D eigenvalue weighted by Crippen LogP contribution is -2.45. The monoisotopic (exact) mass is 272 g/mol. The average Bonchev–Trinajstić information content (AvgIpc) is 2.76. The van der Waals surface area contributed by atoms with Crippen LogP contribution in [0.15, 0.2) is 24.3 Å². The highest BCUT2D eigenvalue weighted by molar-refractivity contribution is 5.59. The van der Waals surface area contributed by atoms with Gasteiger partial charge in [0.05, 0.1) is 0 Å². The number of rotatable bonds is 3. The van der Waals surface area contributed by atoms with E-state index >= 15 is 0 Å². The minimum atomic E-state index is 0.655. The topological polar surface area (TPSA) is 15.3 Å². The number of nitrogens with zero attached hydrogens (tertiary/aromatic N) is 1. The Hall–Kier alpha value is -1.02. The van der Waals surface area contributed by atoms with Gasteiger partial charge in [-0.3, -0.25) is 0 Å². The SMILES string of the molecule is CNC1CCC(C)CC1CN1c2ccccc2CC1C. The predicted octanol–water partition coefficient (Wildman–Crippen LogP) is 3.46. The highest BCUT2D eigenvalue weighted by Crippen LogP contribution is 2.36. The van der Waals surface area contributed by atoms with Gasteiger partial charge < -0.3 is 10.2 Å². The van der Waals surface area contributed by atoms with E-state index in [0.717, 1.165) is 11.8 Å². The average molecular weight is 272 g/mol. The van der Waals surface area contributed by atoms with Crippen molar-refractivity contribution in [3.8, 4) is 0 Å². The third-order valence-corrected chi connectivity index (χ3v) is 5.40. The van der Waals surface area contributed by atoms with Gasteiger partial charge in [-0.25, -0.2) is 0 Å². The van der Waals surface area contributed by atoms with E-state index in [9.17, 15) is 0 Å². The molecule has 0 bridgehead atoms. The van der Waals surface area contributed by atoms with Gasteiger partial charge >= 0.3 is 0 Å². The Bertz CT molecular complexity index is 456. The quantitative estimate of drug-likeness (QED) is 0.906. The number of hydrogen-bond donors (Lipinski definition) is 1. The lowest BCUT2D eigenvalue weighted by atomic mass is 9.78. The van der Waals surface area contributed by atoms with Crippen LogP contribution in [0, 0.1) is 11.8 Å². The molecular weight excluding hydrogens is 244 g/mol. The van der Waals surface area contributed by atoms with Crippen molar-refractivity contribution in [2.24, 2.45) is 11.8 Å². The molecule has 1 fully saturated rings. The van der Waals surface area contributed by atoms with Crippen molar-refractivity contribution in [2.45, 2.75) is 51.6 Å². The minimum absolute atomic E-state index is 0.655. The summed E-state index contributed by atoms with van der Waals surface area (Å²) >= 11 is 0. The van der Waals surface area contributed by atoms with E-state index in [1.165, 1.54) is 43.5 Å². The molecular formula is C18H28N2. The van der Waals surface area contributed by atoms with Gasteiger partial charge in [0.2, 0.25) is 0 Å². The maximum absolute atomic E-state index is 3.56. The van der Waals surface area contributed by atoms with E-state index in [2.05, 4.69) is 55.4 Å². The summed E-state index contributed by atoms with van der Waals surface area (Å²) in [6.45, 7) is 6.01. The summed E-state index contributed by atoms with van der Waals surface area (Å²) in [6, 6.07) is 10.3. The number of benzene rings is 1. The van der Waals surface area contributed by atoms with Crippen LogP contribution in [0.4, 0.5) is 5.69 Å². The lowest BCUT2D eigenvalue weighted by molar-refractivity contribution is 0.222. The number of nitrogens with one attached hydrogen (secondary N) is 1. The summed E-state index contributed by atoms with van der Waals surface area (Å²) in [7, 11) is 2.13. The Labute approximate surface area is 123 Å². The maximum Gasteiger partial charge on any atom is 0.0402 e. The molecule has 1 saturated carbocycles. The molecule has 1 aliphatic carbocycles. The summed E-state index contributed by atoms with van der Waals surface area (Å²) in [5.74, 6) is 1.68. The van der Waals surface area contributed by atoms with Crippen molar-refractivity contribution in [2.75, 3.05) is 18.5 Å². The normalized spacial score (nSPS) is 33.2. The van der Waals surface area contributed by atoms with Crippen molar-refractivity contribution >= 4 is 5.69 Å². The molecule has 1 heterocycles. The Morgan fingerprint density at radius 1 is 1.20 bits per heavy atom. The first-order valence-electron chi connectivity index (χ1n) is 8.21.